The fourth-order valence-electron chi connectivity index (χ4n) is 11.9. The van der Waals surface area contributed by atoms with Gasteiger partial charge >= 0.3 is 23.9 Å². The van der Waals surface area contributed by atoms with Crippen LogP contribution in [0.25, 0.3) is 43.6 Å². The molecule has 0 spiro atoms. The van der Waals surface area contributed by atoms with Gasteiger partial charge in [0.1, 0.15) is 5.75 Å². The van der Waals surface area contributed by atoms with Crippen LogP contribution in [0.4, 0.5) is 35.1 Å². The second kappa shape index (κ2) is 21.2. The topological polar surface area (TPSA) is 87.4 Å². The molecule has 83 heavy (non-hydrogen) atoms. The third kappa shape index (κ3) is 9.97. The zero-order chi connectivity index (χ0) is 59.8. The third-order valence-corrected chi connectivity index (χ3v) is 15.7. The highest BCUT2D eigenvalue weighted by molar-refractivity contribution is 6.20. The molecular weight excluding hydrogens is 1080 g/mol. The van der Waals surface area contributed by atoms with Crippen molar-refractivity contribution in [3.63, 3.8) is 0 Å². The minimum absolute atomic E-state index is 0.00301. The van der Waals surface area contributed by atoms with Crippen molar-refractivity contribution in [2.75, 3.05) is 0 Å². The Morgan fingerprint density at radius 1 is 0.422 bits per heavy atom. The molecule has 0 radical (unpaired) electrons. The molecule has 0 aliphatic rings. The van der Waals surface area contributed by atoms with Crippen molar-refractivity contribution >= 4 is 66.7 Å². The summed E-state index contributed by atoms with van der Waals surface area (Å²) in [4.78, 5) is 56.4. The summed E-state index contributed by atoms with van der Waals surface area (Å²) in [7, 11) is 0. The van der Waals surface area contributed by atoms with Crippen LogP contribution in [0, 0.1) is 41.5 Å². The Balaban J connectivity index is 0.892. The van der Waals surface area contributed by atoms with Gasteiger partial charge < -0.3 is 13.9 Å². The van der Waals surface area contributed by atoms with E-state index in [1.807, 2.05) is 94.9 Å². The summed E-state index contributed by atoms with van der Waals surface area (Å²) in [5.74, 6) is -21.3. The normalized spacial score (nSPS) is 12.5. The highest BCUT2D eigenvalue weighted by Gasteiger charge is 2.72. The summed E-state index contributed by atoms with van der Waals surface area (Å²) < 4.78 is 137. The van der Waals surface area contributed by atoms with Gasteiger partial charge in [0, 0.05) is 108 Å². The lowest BCUT2D eigenvalue weighted by Gasteiger charge is -2.34. The van der Waals surface area contributed by atoms with Gasteiger partial charge in [0.15, 0.2) is 23.1 Å². The molecule has 15 heteroatoms. The molecule has 10 aromatic rings. The number of para-hydroxylation sites is 1. The van der Waals surface area contributed by atoms with E-state index in [4.69, 9.17) is 4.74 Å². The highest BCUT2D eigenvalue weighted by Crippen LogP contribution is 2.54. The molecule has 0 N–H and O–H groups in total. The summed E-state index contributed by atoms with van der Waals surface area (Å²) in [6, 6.07) is 34.6. The first-order valence-electron chi connectivity index (χ1n) is 27.1. The quantitative estimate of drug-likeness (QED) is 0.0631. The van der Waals surface area contributed by atoms with E-state index in [0.717, 1.165) is 69.2 Å². The number of hydrogen-bond donors (Lipinski definition) is 0. The Morgan fingerprint density at radius 2 is 0.771 bits per heavy atom. The molecule has 8 aromatic carbocycles. The zero-order valence-electron chi connectivity index (χ0n) is 46.6. The Labute approximate surface area is 473 Å². The summed E-state index contributed by atoms with van der Waals surface area (Å²) in [5, 5.41) is 2.12. The van der Waals surface area contributed by atoms with Crippen LogP contribution in [0.3, 0.4) is 0 Å². The Morgan fingerprint density at radius 3 is 1.17 bits per heavy atom. The number of carbonyl (C=O) groups is 4. The molecule has 0 saturated heterocycles. The molecule has 10 rings (SSSR count). The first kappa shape index (κ1) is 57.5. The predicted octanol–water partition coefficient (Wildman–Crippen LogP) is 17.5. The van der Waals surface area contributed by atoms with Gasteiger partial charge in [-0.05, 0) is 163 Å². The van der Waals surface area contributed by atoms with E-state index >= 15 is 35.1 Å². The van der Waals surface area contributed by atoms with Gasteiger partial charge in [-0.3, -0.25) is 19.2 Å². The van der Waals surface area contributed by atoms with Crippen molar-refractivity contribution < 1.29 is 59.0 Å². The van der Waals surface area contributed by atoms with E-state index in [9.17, 15) is 19.2 Å². The molecule has 0 amide bonds. The summed E-state index contributed by atoms with van der Waals surface area (Å²) in [6.45, 7) is 16.0. The molecule has 0 aliphatic carbocycles. The number of aryl methyl sites for hydroxylation is 8. The maximum Gasteiger partial charge on any atom is 0.398 e. The van der Waals surface area contributed by atoms with Crippen LogP contribution in [0.2, 0.25) is 0 Å². The van der Waals surface area contributed by atoms with E-state index in [1.54, 1.807) is 36.4 Å². The number of rotatable bonds is 18. The SMILES string of the molecule is CCn1c2ccc(C(=O)c3ccccc3OC(F)(F)CCC(F)(F)C(F)(F)C(F)(F)c3ccccc3C(=O)c3ccc4c(c3)c3cc(C(=O)c5c(C)cc(C)cc5C)ccc3n4CC)cc2c2cc(C(=O)c3c(C)cc(C)cc3C)ccc21. The number of alkyl halides is 8. The molecule has 2 heterocycles. The first-order valence-corrected chi connectivity index (χ1v) is 27.1. The molecule has 2 aromatic heterocycles. The average molecular weight is 1130 g/mol. The molecular formula is C68H56F8N2O5. The molecule has 0 fully saturated rings. The molecule has 424 valence electrons. The van der Waals surface area contributed by atoms with E-state index < -0.39 is 70.7 Å². The smallest absolute Gasteiger partial charge is 0.398 e. The van der Waals surface area contributed by atoms with Crippen molar-refractivity contribution in [3.05, 3.63) is 229 Å². The number of aromatic nitrogens is 2. The van der Waals surface area contributed by atoms with Crippen molar-refractivity contribution in [1.82, 2.24) is 9.13 Å². The van der Waals surface area contributed by atoms with Gasteiger partial charge in [-0.15, -0.1) is 0 Å². The second-order valence-electron chi connectivity index (χ2n) is 21.4. The fraction of sp³-hybridized carbons (Fsp3) is 0.235. The van der Waals surface area contributed by atoms with Crippen LogP contribution in [0.1, 0.15) is 129 Å². The lowest BCUT2D eigenvalue weighted by atomic mass is 9.88. The average Bonchev–Trinajstić information content (AvgIpc) is 2.03. The van der Waals surface area contributed by atoms with Crippen LogP contribution in [0.15, 0.2) is 146 Å². The van der Waals surface area contributed by atoms with Gasteiger partial charge in [-0.1, -0.05) is 71.8 Å². The van der Waals surface area contributed by atoms with Crippen LogP contribution in [-0.4, -0.2) is 50.2 Å². The maximum atomic E-state index is 16.4. The molecule has 0 bridgehead atoms. The zero-order valence-corrected chi connectivity index (χ0v) is 46.6. The highest BCUT2D eigenvalue weighted by atomic mass is 19.3. The van der Waals surface area contributed by atoms with E-state index in [0.29, 0.717) is 79.5 Å². The Kier molecular flexibility index (Phi) is 14.7. The number of carbonyl (C=O) groups excluding carboxylic acids is 4. The summed E-state index contributed by atoms with van der Waals surface area (Å²) in [6.07, 6.45) is -9.45. The molecule has 7 nitrogen and oxygen atoms in total. The largest absolute Gasteiger partial charge is 0.432 e. The molecule has 0 aliphatic heterocycles. The summed E-state index contributed by atoms with van der Waals surface area (Å²) in [5.41, 5.74) is 6.12. The number of ether oxygens (including phenoxy) is 1. The second-order valence-corrected chi connectivity index (χ2v) is 21.4. The third-order valence-electron chi connectivity index (χ3n) is 15.7. The fourth-order valence-corrected chi connectivity index (χ4v) is 11.9. The van der Waals surface area contributed by atoms with Gasteiger partial charge in [-0.25, -0.2) is 0 Å². The number of hydrogen-bond acceptors (Lipinski definition) is 5. The van der Waals surface area contributed by atoms with Crippen LogP contribution < -0.4 is 4.74 Å². The number of fused-ring (bicyclic) bond motifs is 6. The van der Waals surface area contributed by atoms with Gasteiger partial charge in [0.05, 0.1) is 12.0 Å². The summed E-state index contributed by atoms with van der Waals surface area (Å²) >= 11 is 0. The van der Waals surface area contributed by atoms with Gasteiger partial charge in [0.2, 0.25) is 0 Å². The van der Waals surface area contributed by atoms with Crippen molar-refractivity contribution in [3.8, 4) is 5.75 Å². The van der Waals surface area contributed by atoms with E-state index in [1.165, 1.54) is 42.5 Å². The van der Waals surface area contributed by atoms with Crippen LogP contribution in [0.5, 0.6) is 5.75 Å². The van der Waals surface area contributed by atoms with Crippen molar-refractivity contribution in [2.24, 2.45) is 0 Å². The number of nitrogens with zero attached hydrogens (tertiary/aromatic N) is 2. The minimum atomic E-state index is -6.36. The predicted molar refractivity (Wildman–Crippen MR) is 307 cm³/mol. The Bertz CT molecular complexity index is 4290. The van der Waals surface area contributed by atoms with Crippen LogP contribution in [-0.2, 0) is 19.0 Å². The molecule has 0 saturated carbocycles. The van der Waals surface area contributed by atoms with Crippen molar-refractivity contribution in [1.29, 1.82) is 0 Å². The molecule has 0 unspecified atom stereocenters. The van der Waals surface area contributed by atoms with E-state index in [-0.39, 0.29) is 22.7 Å². The van der Waals surface area contributed by atoms with Gasteiger partial charge in [0.25, 0.3) is 0 Å². The van der Waals surface area contributed by atoms with Crippen molar-refractivity contribution in [2.45, 2.75) is 105 Å². The standard InChI is InChI=1S/C68H56F8N2O5/c1-9-77-54-23-19-43(33-49(54)51-35-45(21-25-56(51)77)63(81)59-39(5)29-37(3)30-40(59)6)61(79)47-15-11-13-17-53(47)67(73,74)68(75,76)65(69,70)27-28-66(71,72)83-58-18-14-12-16-48(58)62(80)44-20-24-55-50(34-44)52-36-46(22-26-57(52)78(55)10-2)64(82)60-41(7)31-38(4)32-42(60)8/h11-26,29-36H,9-10,27-28H2,1-8H3. The number of halogens is 8. The monoisotopic (exact) mass is 1130 g/mol. The van der Waals surface area contributed by atoms with Gasteiger partial charge in [-0.2, -0.15) is 35.1 Å². The number of ketones is 4. The maximum absolute atomic E-state index is 16.4. The van der Waals surface area contributed by atoms with E-state index in [2.05, 4.69) is 0 Å². The minimum Gasteiger partial charge on any atom is -0.432 e. The van der Waals surface area contributed by atoms with Crippen LogP contribution >= 0.6 is 0 Å². The number of benzene rings is 8. The lowest BCUT2D eigenvalue weighted by molar-refractivity contribution is -0.321. The molecule has 0 atom stereocenters. The first-order chi connectivity index (χ1) is 39.2. The lowest BCUT2D eigenvalue weighted by Crippen LogP contribution is -2.53. The Hall–Kier alpha value is -8.72.